The van der Waals surface area contributed by atoms with Crippen molar-refractivity contribution in [1.82, 2.24) is 8.61 Å². The first-order valence-corrected chi connectivity index (χ1v) is 7.02. The molecule has 0 amide bonds. The Kier molecular flexibility index (Phi) is 5.71. The molecule has 1 aliphatic rings. The maximum absolute atomic E-state index is 12.3. The van der Waals surface area contributed by atoms with Crippen molar-refractivity contribution in [2.75, 3.05) is 32.8 Å². The lowest BCUT2D eigenvalue weighted by atomic mass is 10.2. The molecule has 0 unspecified atom stereocenters. The van der Waals surface area contributed by atoms with Gasteiger partial charge in [0, 0.05) is 19.6 Å². The van der Waals surface area contributed by atoms with Gasteiger partial charge in [-0.15, -0.1) is 0 Å². The normalized spacial score (nSPS) is 19.1. The molecule has 1 fully saturated rings. The van der Waals surface area contributed by atoms with E-state index in [1.54, 1.807) is 0 Å². The van der Waals surface area contributed by atoms with E-state index in [-0.39, 0.29) is 6.54 Å². The molecule has 8 heteroatoms. The van der Waals surface area contributed by atoms with Gasteiger partial charge in [-0.3, -0.25) is 0 Å². The molecule has 102 valence electrons. The van der Waals surface area contributed by atoms with E-state index < -0.39 is 29.8 Å². The molecule has 0 spiro atoms. The summed E-state index contributed by atoms with van der Waals surface area (Å²) in [6, 6.07) is 0. The van der Waals surface area contributed by atoms with Gasteiger partial charge >= 0.3 is 0 Å². The topological polar surface area (TPSA) is 60.9 Å². The Hall–Kier alpha value is -0.310. The number of hydrogen-bond donors (Lipinski definition) is 1. The summed E-state index contributed by atoms with van der Waals surface area (Å²) in [7, 11) is -3.85. The molecule has 0 aliphatic carbocycles. The van der Waals surface area contributed by atoms with Crippen LogP contribution in [0.2, 0.25) is 0 Å². The molecule has 0 radical (unpaired) electrons. The fourth-order valence-corrected chi connectivity index (χ4v) is 3.48. The second-order valence-corrected chi connectivity index (χ2v) is 5.87. The van der Waals surface area contributed by atoms with Gasteiger partial charge < -0.3 is 5.11 Å². The van der Waals surface area contributed by atoms with E-state index in [4.69, 9.17) is 5.11 Å². The maximum Gasteiger partial charge on any atom is 0.282 e. The van der Waals surface area contributed by atoms with Crippen LogP contribution in [0.3, 0.4) is 0 Å². The third-order valence-electron chi connectivity index (χ3n) is 2.66. The molecule has 0 aromatic rings. The van der Waals surface area contributed by atoms with Gasteiger partial charge in [0.25, 0.3) is 16.6 Å². The van der Waals surface area contributed by atoms with Crippen LogP contribution >= 0.6 is 0 Å². The fourth-order valence-electron chi connectivity index (χ4n) is 1.83. The number of rotatable bonds is 6. The third-order valence-corrected chi connectivity index (χ3v) is 4.66. The van der Waals surface area contributed by atoms with Gasteiger partial charge in [0.1, 0.15) is 0 Å². The maximum atomic E-state index is 12.3. The van der Waals surface area contributed by atoms with Crippen LogP contribution in [-0.4, -0.2) is 61.3 Å². The molecule has 0 aromatic heterocycles. The molecule has 0 bridgehead atoms. The number of nitrogens with zero attached hydrogens (tertiary/aromatic N) is 2. The highest BCUT2D eigenvalue weighted by atomic mass is 32.2. The van der Waals surface area contributed by atoms with E-state index in [2.05, 4.69) is 0 Å². The molecule has 1 saturated heterocycles. The summed E-state index contributed by atoms with van der Waals surface area (Å²) in [5.74, 6) is 0. The highest BCUT2D eigenvalue weighted by Gasteiger charge is 2.31. The van der Waals surface area contributed by atoms with Crippen LogP contribution in [-0.2, 0) is 10.2 Å². The summed E-state index contributed by atoms with van der Waals surface area (Å²) in [6.07, 6.45) is -0.274. The summed E-state index contributed by atoms with van der Waals surface area (Å²) >= 11 is 0. The predicted molar refractivity (Wildman–Crippen MR) is 59.0 cm³/mol. The zero-order valence-electron chi connectivity index (χ0n) is 9.56. The second kappa shape index (κ2) is 6.58. The van der Waals surface area contributed by atoms with Gasteiger partial charge in [0.2, 0.25) is 0 Å². The molecule has 0 atom stereocenters. The van der Waals surface area contributed by atoms with E-state index in [9.17, 15) is 17.2 Å². The van der Waals surface area contributed by atoms with Crippen molar-refractivity contribution in [3.63, 3.8) is 0 Å². The Morgan fingerprint density at radius 1 is 1.24 bits per heavy atom. The summed E-state index contributed by atoms with van der Waals surface area (Å²) in [5, 5.41) is 8.74. The highest BCUT2D eigenvalue weighted by Crippen LogP contribution is 2.17. The minimum absolute atomic E-state index is 0.289. The highest BCUT2D eigenvalue weighted by molar-refractivity contribution is 7.86. The molecule has 5 nitrogen and oxygen atoms in total. The van der Waals surface area contributed by atoms with Gasteiger partial charge in [-0.2, -0.15) is 17.0 Å². The summed E-state index contributed by atoms with van der Waals surface area (Å²) in [5.41, 5.74) is 0. The molecular weight excluding hydrogens is 254 g/mol. The van der Waals surface area contributed by atoms with Crippen LogP contribution in [0.1, 0.15) is 19.3 Å². The second-order valence-electron chi connectivity index (χ2n) is 3.94. The van der Waals surface area contributed by atoms with Gasteiger partial charge in [0.05, 0.1) is 13.2 Å². The minimum atomic E-state index is -3.85. The van der Waals surface area contributed by atoms with Gasteiger partial charge in [-0.25, -0.2) is 8.78 Å². The molecule has 1 N–H and O–H groups in total. The Morgan fingerprint density at radius 2 is 1.82 bits per heavy atom. The van der Waals surface area contributed by atoms with Crippen molar-refractivity contribution in [3.05, 3.63) is 0 Å². The summed E-state index contributed by atoms with van der Waals surface area (Å²) < 4.78 is 50.5. The first-order chi connectivity index (χ1) is 7.98. The number of aliphatic hydroxyl groups is 1. The molecule has 0 aromatic carbocycles. The van der Waals surface area contributed by atoms with Crippen molar-refractivity contribution in [2.45, 2.75) is 25.7 Å². The van der Waals surface area contributed by atoms with Crippen LogP contribution < -0.4 is 0 Å². The summed E-state index contributed by atoms with van der Waals surface area (Å²) in [6.45, 7) is -0.872. The zero-order chi connectivity index (χ0) is 12.9. The van der Waals surface area contributed by atoms with E-state index in [1.807, 2.05) is 0 Å². The molecule has 1 heterocycles. The van der Waals surface area contributed by atoms with Crippen LogP contribution in [0.5, 0.6) is 0 Å². The Morgan fingerprint density at radius 3 is 2.29 bits per heavy atom. The molecule has 1 rings (SSSR count). The Bertz CT molecular complexity index is 318. The van der Waals surface area contributed by atoms with Crippen LogP contribution in [0, 0.1) is 0 Å². The number of hydrogen-bond acceptors (Lipinski definition) is 3. The van der Waals surface area contributed by atoms with E-state index >= 15 is 0 Å². The SMILES string of the molecule is O=S(=O)(N1CCCCC1)N(CCO)CC(F)F. The molecule has 0 saturated carbocycles. The number of aliphatic hydroxyl groups excluding tert-OH is 1. The summed E-state index contributed by atoms with van der Waals surface area (Å²) in [4.78, 5) is 0. The molecule has 17 heavy (non-hydrogen) atoms. The van der Waals surface area contributed by atoms with Crippen molar-refractivity contribution >= 4 is 10.2 Å². The molecule has 1 aliphatic heterocycles. The minimum Gasteiger partial charge on any atom is -0.395 e. The monoisotopic (exact) mass is 272 g/mol. The molecular formula is C9H18F2N2O3S. The average Bonchev–Trinajstić information content (AvgIpc) is 2.29. The van der Waals surface area contributed by atoms with E-state index in [0.29, 0.717) is 17.4 Å². The number of halogens is 2. The van der Waals surface area contributed by atoms with Gasteiger partial charge in [-0.05, 0) is 12.8 Å². The smallest absolute Gasteiger partial charge is 0.282 e. The van der Waals surface area contributed by atoms with Crippen molar-refractivity contribution < 1.29 is 22.3 Å². The van der Waals surface area contributed by atoms with E-state index in [1.165, 1.54) is 4.31 Å². The quantitative estimate of drug-likeness (QED) is 0.755. The van der Waals surface area contributed by atoms with Crippen molar-refractivity contribution in [2.24, 2.45) is 0 Å². The zero-order valence-corrected chi connectivity index (χ0v) is 10.4. The number of alkyl halides is 2. The van der Waals surface area contributed by atoms with Crippen LogP contribution in [0.15, 0.2) is 0 Å². The lowest BCUT2D eigenvalue weighted by Gasteiger charge is -2.31. The predicted octanol–water partition coefficient (Wildman–Crippen LogP) is 0.277. The lowest BCUT2D eigenvalue weighted by Crippen LogP contribution is -2.48. The van der Waals surface area contributed by atoms with Crippen LogP contribution in [0.25, 0.3) is 0 Å². The van der Waals surface area contributed by atoms with Crippen molar-refractivity contribution in [1.29, 1.82) is 0 Å². The largest absolute Gasteiger partial charge is 0.395 e. The van der Waals surface area contributed by atoms with Gasteiger partial charge in [0.15, 0.2) is 0 Å². The van der Waals surface area contributed by atoms with Gasteiger partial charge in [-0.1, -0.05) is 6.42 Å². The fraction of sp³-hybridized carbons (Fsp3) is 1.00. The Labute approximate surface area is 100 Å². The number of piperidine rings is 1. The Balaban J connectivity index is 2.74. The van der Waals surface area contributed by atoms with Crippen LogP contribution in [0.4, 0.5) is 8.78 Å². The van der Waals surface area contributed by atoms with Crippen molar-refractivity contribution in [3.8, 4) is 0 Å². The average molecular weight is 272 g/mol. The standard InChI is InChI=1S/C9H18F2N2O3S/c10-9(11)8-13(6-7-14)17(15,16)12-4-2-1-3-5-12/h9,14H,1-8H2. The first-order valence-electron chi connectivity index (χ1n) is 5.62. The first kappa shape index (κ1) is 14.7. The van der Waals surface area contributed by atoms with E-state index in [0.717, 1.165) is 19.3 Å². The third kappa shape index (κ3) is 4.13. The lowest BCUT2D eigenvalue weighted by molar-refractivity contribution is 0.109.